The van der Waals surface area contributed by atoms with Gasteiger partial charge in [-0.2, -0.15) is 5.10 Å². The highest BCUT2D eigenvalue weighted by atomic mass is 16.2. The first kappa shape index (κ1) is 21.5. The van der Waals surface area contributed by atoms with Gasteiger partial charge in [-0.25, -0.2) is 9.67 Å². The number of amides is 2. The molecule has 1 fully saturated rings. The first-order valence-corrected chi connectivity index (χ1v) is 11.0. The summed E-state index contributed by atoms with van der Waals surface area (Å²) < 4.78 is 1.59. The maximum atomic E-state index is 13.1. The van der Waals surface area contributed by atoms with Crippen LogP contribution in [0.2, 0.25) is 0 Å². The molecule has 4 heterocycles. The first-order valence-electron chi connectivity index (χ1n) is 11.0. The van der Waals surface area contributed by atoms with Crippen molar-refractivity contribution < 1.29 is 14.4 Å². The third-order valence-electron chi connectivity index (χ3n) is 6.03. The molecule has 1 aliphatic heterocycles. The van der Waals surface area contributed by atoms with E-state index in [1.54, 1.807) is 47.2 Å². The fourth-order valence-electron chi connectivity index (χ4n) is 4.29. The largest absolute Gasteiger partial charge is 0.357 e. The normalized spacial score (nSPS) is 16.1. The topological polar surface area (TPSA) is 117 Å². The van der Waals surface area contributed by atoms with Crippen LogP contribution in [0.25, 0.3) is 16.7 Å². The predicted octanol–water partition coefficient (Wildman–Crippen LogP) is 2.01. The molecule has 10 heteroatoms. The maximum absolute atomic E-state index is 13.1. The molecule has 2 amide bonds. The molecular formula is C24H23N7O3. The van der Waals surface area contributed by atoms with Gasteiger partial charge in [0.25, 0.3) is 17.6 Å². The second-order valence-corrected chi connectivity index (χ2v) is 8.29. The summed E-state index contributed by atoms with van der Waals surface area (Å²) >= 11 is 0. The minimum atomic E-state index is -0.638. The molecule has 1 N–H and O–H groups in total. The monoisotopic (exact) mass is 457 g/mol. The zero-order valence-corrected chi connectivity index (χ0v) is 18.8. The number of aryl methyl sites for hydroxylation is 1. The van der Waals surface area contributed by atoms with E-state index in [9.17, 15) is 14.4 Å². The van der Waals surface area contributed by atoms with Gasteiger partial charge in [0.1, 0.15) is 17.7 Å². The number of hydrogen-bond donors (Lipinski definition) is 1. The molecule has 1 saturated heterocycles. The number of rotatable bonds is 4. The van der Waals surface area contributed by atoms with Gasteiger partial charge >= 0.3 is 0 Å². The summed E-state index contributed by atoms with van der Waals surface area (Å²) in [6, 6.07) is 10.6. The SMILES string of the molecule is Cc1ncn(-c2ccnc3c(C(=O)C(=O)N4CCN(C(=O)c5ccccc5)[C@H](C)C4)c[nH]c23)n1. The standard InChI is InChI=1S/C24H23N7O3/c1-15-13-29(10-11-30(15)23(33)17-6-4-3-5-7-17)24(34)22(32)18-12-26-21-19(8-9-25-20(18)21)31-14-27-16(2)28-31/h3-9,12,14-15,26H,10-11,13H2,1-2H3/t15-/m1/s1. The van der Waals surface area contributed by atoms with E-state index in [1.165, 1.54) is 11.1 Å². The number of H-pyrrole nitrogens is 1. The first-order chi connectivity index (χ1) is 16.4. The van der Waals surface area contributed by atoms with Crippen LogP contribution >= 0.6 is 0 Å². The Labute approximate surface area is 195 Å². The van der Waals surface area contributed by atoms with Crippen molar-refractivity contribution in [2.75, 3.05) is 19.6 Å². The lowest BCUT2D eigenvalue weighted by atomic mass is 10.1. The van der Waals surface area contributed by atoms with Gasteiger partial charge < -0.3 is 14.8 Å². The van der Waals surface area contributed by atoms with E-state index in [4.69, 9.17) is 0 Å². The molecule has 4 aromatic rings. The Hall–Kier alpha value is -4.34. The van der Waals surface area contributed by atoms with Crippen LogP contribution in [0.5, 0.6) is 0 Å². The summed E-state index contributed by atoms with van der Waals surface area (Å²) in [5.41, 5.74) is 2.48. The number of carbonyl (C=O) groups excluding carboxylic acids is 3. The fourth-order valence-corrected chi connectivity index (χ4v) is 4.29. The maximum Gasteiger partial charge on any atom is 0.295 e. The zero-order chi connectivity index (χ0) is 23.8. The molecule has 1 atom stereocenters. The van der Waals surface area contributed by atoms with E-state index in [2.05, 4.69) is 20.1 Å². The molecule has 10 nitrogen and oxygen atoms in total. The quantitative estimate of drug-likeness (QED) is 0.370. The van der Waals surface area contributed by atoms with Crippen molar-refractivity contribution in [3.8, 4) is 5.69 Å². The Morgan fingerprint density at radius 2 is 1.85 bits per heavy atom. The molecule has 0 radical (unpaired) electrons. The molecular weight excluding hydrogens is 434 g/mol. The Morgan fingerprint density at radius 3 is 2.56 bits per heavy atom. The lowest BCUT2D eigenvalue weighted by molar-refractivity contribution is -0.128. The van der Waals surface area contributed by atoms with E-state index in [0.29, 0.717) is 34.7 Å². The van der Waals surface area contributed by atoms with Crippen LogP contribution in [0.4, 0.5) is 0 Å². The second kappa shape index (κ2) is 8.54. The van der Waals surface area contributed by atoms with Crippen LogP contribution in [0.1, 0.15) is 33.5 Å². The lowest BCUT2D eigenvalue weighted by Crippen LogP contribution is -2.56. The number of aromatic nitrogens is 5. The highest BCUT2D eigenvalue weighted by molar-refractivity contribution is 6.44. The number of piperazine rings is 1. The van der Waals surface area contributed by atoms with Gasteiger partial charge in [0.15, 0.2) is 0 Å². The Kier molecular flexibility index (Phi) is 5.40. The number of nitrogens with zero attached hydrogens (tertiary/aromatic N) is 6. The van der Waals surface area contributed by atoms with E-state index < -0.39 is 11.7 Å². The molecule has 0 saturated carbocycles. The van der Waals surface area contributed by atoms with Crippen LogP contribution in [0.3, 0.4) is 0 Å². The number of carbonyl (C=O) groups is 3. The number of pyridine rings is 1. The van der Waals surface area contributed by atoms with Gasteiger partial charge in [0, 0.05) is 43.6 Å². The summed E-state index contributed by atoms with van der Waals surface area (Å²) in [5, 5.41) is 4.31. The number of Topliss-reactive ketones (excluding diaryl/α,β-unsaturated/α-hetero) is 1. The molecule has 0 aliphatic carbocycles. The Bertz CT molecular complexity index is 1390. The molecule has 3 aromatic heterocycles. The van der Waals surface area contributed by atoms with Gasteiger partial charge in [0.05, 0.1) is 16.8 Å². The Morgan fingerprint density at radius 1 is 1.06 bits per heavy atom. The number of benzene rings is 1. The number of hydrogen-bond acceptors (Lipinski definition) is 6. The van der Waals surface area contributed by atoms with Gasteiger partial charge in [0.2, 0.25) is 0 Å². The van der Waals surface area contributed by atoms with Crippen molar-refractivity contribution in [1.82, 2.24) is 34.5 Å². The van der Waals surface area contributed by atoms with Gasteiger partial charge in [-0.3, -0.25) is 19.4 Å². The zero-order valence-electron chi connectivity index (χ0n) is 18.8. The average molecular weight is 457 g/mol. The summed E-state index contributed by atoms with van der Waals surface area (Å²) in [5.74, 6) is -0.714. The summed E-state index contributed by atoms with van der Waals surface area (Å²) in [7, 11) is 0. The predicted molar refractivity (Wildman–Crippen MR) is 124 cm³/mol. The highest BCUT2D eigenvalue weighted by Crippen LogP contribution is 2.23. The average Bonchev–Trinajstić information content (AvgIpc) is 3.49. The molecule has 0 bridgehead atoms. The van der Waals surface area contributed by atoms with Crippen molar-refractivity contribution in [1.29, 1.82) is 0 Å². The van der Waals surface area contributed by atoms with Crippen LogP contribution in [-0.4, -0.2) is 77.8 Å². The van der Waals surface area contributed by atoms with Crippen LogP contribution in [-0.2, 0) is 4.79 Å². The molecule has 172 valence electrons. The minimum Gasteiger partial charge on any atom is -0.357 e. The van der Waals surface area contributed by atoms with Crippen molar-refractivity contribution in [2.45, 2.75) is 19.9 Å². The van der Waals surface area contributed by atoms with Gasteiger partial charge in [-0.1, -0.05) is 18.2 Å². The molecule has 1 aliphatic rings. The fraction of sp³-hybridized carbons (Fsp3) is 0.250. The van der Waals surface area contributed by atoms with Crippen LogP contribution < -0.4 is 0 Å². The molecule has 0 unspecified atom stereocenters. The lowest BCUT2D eigenvalue weighted by Gasteiger charge is -2.39. The van der Waals surface area contributed by atoms with Crippen molar-refractivity contribution >= 4 is 28.6 Å². The van der Waals surface area contributed by atoms with E-state index in [-0.39, 0.29) is 30.6 Å². The van der Waals surface area contributed by atoms with Crippen molar-refractivity contribution in [3.05, 3.63) is 72.1 Å². The van der Waals surface area contributed by atoms with Gasteiger partial charge in [-0.15, -0.1) is 0 Å². The van der Waals surface area contributed by atoms with Crippen molar-refractivity contribution in [3.63, 3.8) is 0 Å². The number of nitrogens with one attached hydrogen (secondary N) is 1. The third kappa shape index (κ3) is 3.72. The Balaban J connectivity index is 1.34. The number of fused-ring (bicyclic) bond motifs is 1. The molecule has 34 heavy (non-hydrogen) atoms. The smallest absolute Gasteiger partial charge is 0.295 e. The molecule has 0 spiro atoms. The van der Waals surface area contributed by atoms with E-state index in [0.717, 1.165) is 0 Å². The third-order valence-corrected chi connectivity index (χ3v) is 6.03. The second-order valence-electron chi connectivity index (χ2n) is 8.29. The number of ketones is 1. The summed E-state index contributed by atoms with van der Waals surface area (Å²) in [4.78, 5) is 53.8. The summed E-state index contributed by atoms with van der Waals surface area (Å²) in [6.07, 6.45) is 4.65. The molecule has 5 rings (SSSR count). The van der Waals surface area contributed by atoms with Crippen LogP contribution in [0, 0.1) is 6.92 Å². The summed E-state index contributed by atoms with van der Waals surface area (Å²) in [6.45, 7) is 4.58. The van der Waals surface area contributed by atoms with E-state index >= 15 is 0 Å². The minimum absolute atomic E-state index is 0.0803. The van der Waals surface area contributed by atoms with Crippen molar-refractivity contribution in [2.24, 2.45) is 0 Å². The van der Waals surface area contributed by atoms with E-state index in [1.807, 2.05) is 25.1 Å². The van der Waals surface area contributed by atoms with Gasteiger partial charge in [-0.05, 0) is 32.0 Å². The highest BCUT2D eigenvalue weighted by Gasteiger charge is 2.34. The molecule has 1 aromatic carbocycles. The number of aromatic amines is 1. The van der Waals surface area contributed by atoms with Crippen LogP contribution in [0.15, 0.2) is 55.1 Å².